The van der Waals surface area contributed by atoms with Gasteiger partial charge in [0.15, 0.2) is 5.70 Å². The Morgan fingerprint density at radius 2 is 1.85 bits per heavy atom. The largest absolute Gasteiger partial charge is 0.457 e. The highest BCUT2D eigenvalue weighted by Crippen LogP contribution is 2.32. The lowest BCUT2D eigenvalue weighted by Gasteiger charge is -2.00. The molecule has 26 heavy (non-hydrogen) atoms. The quantitative estimate of drug-likeness (QED) is 0.397. The molecule has 0 atom stereocenters. The molecule has 4 rings (SSSR count). The average molecular weight is 429 g/mol. The molecule has 0 saturated heterocycles. The summed E-state index contributed by atoms with van der Waals surface area (Å²) < 4.78 is 11.9. The van der Waals surface area contributed by atoms with Gasteiger partial charge in [0.1, 0.15) is 11.5 Å². The zero-order valence-corrected chi connectivity index (χ0v) is 15.6. The maximum Gasteiger partial charge on any atom is 0.363 e. The van der Waals surface area contributed by atoms with Gasteiger partial charge in [-0.1, -0.05) is 45.7 Å². The van der Waals surface area contributed by atoms with Crippen LogP contribution in [-0.2, 0) is 9.53 Å². The molecule has 6 heteroatoms. The van der Waals surface area contributed by atoms with E-state index in [9.17, 15) is 4.79 Å². The first-order chi connectivity index (χ1) is 12.6. The molecule has 128 valence electrons. The summed E-state index contributed by atoms with van der Waals surface area (Å²) in [4.78, 5) is 16.3. The van der Waals surface area contributed by atoms with E-state index in [-0.39, 0.29) is 11.6 Å². The lowest BCUT2D eigenvalue weighted by molar-refractivity contribution is -0.129. The van der Waals surface area contributed by atoms with Gasteiger partial charge in [-0.15, -0.1) is 0 Å². The van der Waals surface area contributed by atoms with Crippen LogP contribution in [0.15, 0.2) is 80.2 Å². The summed E-state index contributed by atoms with van der Waals surface area (Å²) in [6.07, 6.45) is 1.55. The van der Waals surface area contributed by atoms with Crippen molar-refractivity contribution in [3.8, 4) is 11.3 Å². The average Bonchev–Trinajstić information content (AvgIpc) is 3.23. The number of benzene rings is 2. The molecule has 4 nitrogen and oxygen atoms in total. The van der Waals surface area contributed by atoms with E-state index in [0.29, 0.717) is 16.5 Å². The van der Waals surface area contributed by atoms with Crippen LogP contribution in [0.4, 0.5) is 0 Å². The van der Waals surface area contributed by atoms with Crippen LogP contribution in [-0.4, -0.2) is 11.9 Å². The van der Waals surface area contributed by atoms with E-state index in [0.717, 1.165) is 15.6 Å². The third kappa shape index (κ3) is 3.36. The van der Waals surface area contributed by atoms with E-state index in [4.69, 9.17) is 20.8 Å². The van der Waals surface area contributed by atoms with E-state index < -0.39 is 5.97 Å². The first-order valence-corrected chi connectivity index (χ1v) is 8.90. The number of hydrogen-bond donors (Lipinski definition) is 0. The van der Waals surface area contributed by atoms with Gasteiger partial charge in [0, 0.05) is 21.7 Å². The Balaban J connectivity index is 1.64. The normalized spacial score (nSPS) is 15.2. The topological polar surface area (TPSA) is 51.8 Å². The SMILES string of the molecule is O=C1OC(c2ccccc2)=N/C1=C\c1ccc(-c2ccc(Br)cc2Cl)o1. The molecule has 3 aromatic rings. The fourth-order valence-corrected chi connectivity index (χ4v) is 3.28. The van der Waals surface area contributed by atoms with Crippen LogP contribution in [0, 0.1) is 0 Å². The Morgan fingerprint density at radius 1 is 1.04 bits per heavy atom. The van der Waals surface area contributed by atoms with Crippen LogP contribution >= 0.6 is 27.5 Å². The summed E-state index contributed by atoms with van der Waals surface area (Å²) in [7, 11) is 0. The minimum absolute atomic E-state index is 0.187. The third-order valence-corrected chi connectivity index (χ3v) is 4.55. The van der Waals surface area contributed by atoms with Crippen molar-refractivity contribution in [1.82, 2.24) is 0 Å². The summed E-state index contributed by atoms with van der Waals surface area (Å²) >= 11 is 9.63. The lowest BCUT2D eigenvalue weighted by Crippen LogP contribution is -2.04. The maximum absolute atomic E-state index is 12.1. The van der Waals surface area contributed by atoms with Gasteiger partial charge in [-0.25, -0.2) is 9.79 Å². The molecule has 2 aromatic carbocycles. The molecular weight excluding hydrogens is 418 g/mol. The fourth-order valence-electron chi connectivity index (χ4n) is 2.51. The van der Waals surface area contributed by atoms with Gasteiger partial charge in [0.25, 0.3) is 0 Å². The van der Waals surface area contributed by atoms with E-state index in [2.05, 4.69) is 20.9 Å². The smallest absolute Gasteiger partial charge is 0.363 e. The predicted molar refractivity (Wildman–Crippen MR) is 104 cm³/mol. The molecule has 0 unspecified atom stereocenters. The van der Waals surface area contributed by atoms with Crippen molar-refractivity contribution in [3.63, 3.8) is 0 Å². The molecule has 0 spiro atoms. The molecule has 0 bridgehead atoms. The number of esters is 1. The van der Waals surface area contributed by atoms with Crippen LogP contribution in [0.5, 0.6) is 0 Å². The van der Waals surface area contributed by atoms with Crippen LogP contribution in [0.1, 0.15) is 11.3 Å². The van der Waals surface area contributed by atoms with Gasteiger partial charge in [0.05, 0.1) is 5.02 Å². The summed E-state index contributed by atoms with van der Waals surface area (Å²) in [6, 6.07) is 18.3. The number of furan rings is 1. The van der Waals surface area contributed by atoms with Gasteiger partial charge in [-0.3, -0.25) is 0 Å². The number of cyclic esters (lactones) is 1. The van der Waals surface area contributed by atoms with Crippen LogP contribution in [0.2, 0.25) is 5.02 Å². The molecule has 2 heterocycles. The first-order valence-electron chi connectivity index (χ1n) is 7.73. The van der Waals surface area contributed by atoms with Crippen molar-refractivity contribution in [2.75, 3.05) is 0 Å². The molecule has 0 radical (unpaired) electrons. The summed E-state index contributed by atoms with van der Waals surface area (Å²) in [5.41, 5.74) is 1.69. The Morgan fingerprint density at radius 3 is 2.62 bits per heavy atom. The summed E-state index contributed by atoms with van der Waals surface area (Å²) in [5.74, 6) is 0.866. The second-order valence-electron chi connectivity index (χ2n) is 5.53. The van der Waals surface area contributed by atoms with Crippen molar-refractivity contribution in [3.05, 3.63) is 87.2 Å². The third-order valence-electron chi connectivity index (χ3n) is 3.74. The van der Waals surface area contributed by atoms with Gasteiger partial charge in [-0.2, -0.15) is 0 Å². The Bertz CT molecular complexity index is 1050. The lowest BCUT2D eigenvalue weighted by atomic mass is 10.2. The maximum atomic E-state index is 12.1. The Labute approximate surface area is 162 Å². The second-order valence-corrected chi connectivity index (χ2v) is 6.85. The molecule has 0 aliphatic carbocycles. The summed E-state index contributed by atoms with van der Waals surface area (Å²) in [6.45, 7) is 0. The molecule has 1 aromatic heterocycles. The highest BCUT2D eigenvalue weighted by atomic mass is 79.9. The number of rotatable bonds is 3. The predicted octanol–water partition coefficient (Wildman–Crippen LogP) is 5.71. The van der Waals surface area contributed by atoms with Crippen LogP contribution < -0.4 is 0 Å². The van der Waals surface area contributed by atoms with E-state index in [1.807, 2.05) is 42.5 Å². The minimum atomic E-state index is -0.511. The van der Waals surface area contributed by atoms with Gasteiger partial charge >= 0.3 is 5.97 Å². The molecule has 1 aliphatic heterocycles. The number of carbonyl (C=O) groups excluding carboxylic acids is 1. The number of nitrogens with zero attached hydrogens (tertiary/aromatic N) is 1. The number of aliphatic imine (C=N–C) groups is 1. The molecule has 1 aliphatic rings. The number of halogens is 2. The number of carbonyl (C=O) groups is 1. The van der Waals surface area contributed by atoms with Crippen molar-refractivity contribution in [2.24, 2.45) is 4.99 Å². The first kappa shape index (κ1) is 16.8. The number of hydrogen-bond acceptors (Lipinski definition) is 4. The number of ether oxygens (including phenoxy) is 1. The standard InChI is InChI=1S/C20H11BrClNO3/c21-13-6-8-15(16(22)10-13)18-9-7-14(25-18)11-17-20(24)26-19(23-17)12-4-2-1-3-5-12/h1-11H/b17-11-. The molecular formula is C20H11BrClNO3. The highest BCUT2D eigenvalue weighted by molar-refractivity contribution is 9.10. The zero-order chi connectivity index (χ0) is 18.1. The molecule has 0 fully saturated rings. The van der Waals surface area contributed by atoms with Crippen molar-refractivity contribution >= 4 is 45.5 Å². The second kappa shape index (κ2) is 6.94. The van der Waals surface area contributed by atoms with Crippen LogP contribution in [0.3, 0.4) is 0 Å². The monoisotopic (exact) mass is 427 g/mol. The summed E-state index contributed by atoms with van der Waals surface area (Å²) in [5, 5.41) is 0.567. The Kier molecular flexibility index (Phi) is 4.49. The van der Waals surface area contributed by atoms with Crippen LogP contribution in [0.25, 0.3) is 17.4 Å². The fraction of sp³-hybridized carbons (Fsp3) is 0. The van der Waals surface area contributed by atoms with Gasteiger partial charge in [-0.05, 0) is 42.5 Å². The molecule has 0 saturated carbocycles. The van der Waals surface area contributed by atoms with Gasteiger partial charge in [0.2, 0.25) is 5.90 Å². The molecule has 0 N–H and O–H groups in total. The van der Waals surface area contributed by atoms with Crippen molar-refractivity contribution in [1.29, 1.82) is 0 Å². The highest BCUT2D eigenvalue weighted by Gasteiger charge is 2.24. The van der Waals surface area contributed by atoms with Crippen molar-refractivity contribution < 1.29 is 13.9 Å². The van der Waals surface area contributed by atoms with E-state index in [1.165, 1.54) is 0 Å². The van der Waals surface area contributed by atoms with Crippen molar-refractivity contribution in [2.45, 2.75) is 0 Å². The Hall–Kier alpha value is -2.63. The molecule has 0 amide bonds. The van der Waals surface area contributed by atoms with E-state index in [1.54, 1.807) is 24.3 Å². The van der Waals surface area contributed by atoms with E-state index >= 15 is 0 Å². The zero-order valence-electron chi connectivity index (χ0n) is 13.3. The van der Waals surface area contributed by atoms with Gasteiger partial charge < -0.3 is 9.15 Å². The minimum Gasteiger partial charge on any atom is -0.457 e.